The fourth-order valence-corrected chi connectivity index (χ4v) is 1.56. The molecule has 9 heavy (non-hydrogen) atoms. The first-order chi connectivity index (χ1) is 4.10. The van der Waals surface area contributed by atoms with Gasteiger partial charge < -0.3 is 0 Å². The van der Waals surface area contributed by atoms with Crippen LogP contribution in [0.15, 0.2) is 0 Å². The predicted molar refractivity (Wildman–Crippen MR) is 32.4 cm³/mol. The van der Waals surface area contributed by atoms with Crippen molar-refractivity contribution in [3.63, 3.8) is 0 Å². The molecule has 1 aliphatic heterocycles. The molecule has 0 amide bonds. The van der Waals surface area contributed by atoms with E-state index < -0.39 is 10.1 Å². The van der Waals surface area contributed by atoms with Gasteiger partial charge in [-0.3, -0.25) is 9.08 Å². The molecule has 0 aromatic rings. The lowest BCUT2D eigenvalue weighted by Gasteiger charge is -2.20. The maximum atomic E-state index is 10.5. The lowest BCUT2D eigenvalue weighted by Crippen LogP contribution is -2.35. The lowest BCUT2D eigenvalue weighted by molar-refractivity contribution is 0.145. The number of rotatable bonds is 0. The molecule has 0 aliphatic carbocycles. The van der Waals surface area contributed by atoms with Gasteiger partial charge in [0.15, 0.2) is 0 Å². The van der Waals surface area contributed by atoms with Crippen LogP contribution < -0.4 is 0 Å². The van der Waals surface area contributed by atoms with Gasteiger partial charge in [0, 0.05) is 6.54 Å². The zero-order valence-electron chi connectivity index (χ0n) is 5.20. The van der Waals surface area contributed by atoms with Gasteiger partial charge in [0.25, 0.3) is 10.1 Å². The normalized spacial score (nSPS) is 28.1. The maximum absolute atomic E-state index is 10.5. The summed E-state index contributed by atoms with van der Waals surface area (Å²) in [7, 11) is -1.34. The topological polar surface area (TPSA) is 46.6 Å². The van der Waals surface area contributed by atoms with Crippen molar-refractivity contribution in [3.8, 4) is 0 Å². The highest BCUT2D eigenvalue weighted by molar-refractivity contribution is 7.86. The summed E-state index contributed by atoms with van der Waals surface area (Å²) in [5, 5.41) is 0. The average Bonchev–Trinajstić information content (AvgIpc) is 1.78. The zero-order valence-corrected chi connectivity index (χ0v) is 6.02. The van der Waals surface area contributed by atoms with Crippen molar-refractivity contribution in [2.75, 3.05) is 26.1 Å². The molecule has 1 rings (SSSR count). The van der Waals surface area contributed by atoms with Crippen molar-refractivity contribution >= 4 is 10.1 Å². The molecule has 0 radical (unpaired) electrons. The van der Waals surface area contributed by atoms with E-state index in [1.165, 1.54) is 0 Å². The Morgan fingerprint density at radius 1 is 1.56 bits per heavy atom. The average molecular weight is 151 g/mol. The highest BCUT2D eigenvalue weighted by atomic mass is 32.2. The van der Waals surface area contributed by atoms with E-state index >= 15 is 0 Å². The van der Waals surface area contributed by atoms with Gasteiger partial charge in [0.2, 0.25) is 0 Å². The first-order valence-electron chi connectivity index (χ1n) is 2.66. The molecule has 5 heteroatoms. The molecular weight excluding hydrogens is 142 g/mol. The van der Waals surface area contributed by atoms with Crippen molar-refractivity contribution in [3.05, 3.63) is 0 Å². The second-order valence-corrected chi connectivity index (χ2v) is 3.85. The van der Waals surface area contributed by atoms with Crippen molar-refractivity contribution in [2.24, 2.45) is 0 Å². The van der Waals surface area contributed by atoms with Gasteiger partial charge in [-0.1, -0.05) is 0 Å². The minimum absolute atomic E-state index is 0.115. The SMILES string of the molecule is CN1CCS(=O)(=O)OC1. The van der Waals surface area contributed by atoms with Crippen LogP contribution in [0.3, 0.4) is 0 Å². The van der Waals surface area contributed by atoms with Crippen molar-refractivity contribution < 1.29 is 12.6 Å². The molecule has 0 N–H and O–H groups in total. The summed E-state index contributed by atoms with van der Waals surface area (Å²) in [5.74, 6) is 0.115. The van der Waals surface area contributed by atoms with Gasteiger partial charge in [-0.05, 0) is 7.05 Å². The second-order valence-electron chi connectivity index (χ2n) is 2.09. The maximum Gasteiger partial charge on any atom is 0.269 e. The van der Waals surface area contributed by atoms with Gasteiger partial charge in [-0.15, -0.1) is 0 Å². The Morgan fingerprint density at radius 3 is 2.56 bits per heavy atom. The molecule has 0 atom stereocenters. The minimum Gasteiger partial charge on any atom is -0.282 e. The third-order valence-corrected chi connectivity index (χ3v) is 2.32. The van der Waals surface area contributed by atoms with E-state index in [2.05, 4.69) is 4.18 Å². The molecule has 0 bridgehead atoms. The molecule has 0 spiro atoms. The van der Waals surface area contributed by atoms with Gasteiger partial charge in [0.05, 0.1) is 5.75 Å². The summed E-state index contributed by atoms with van der Waals surface area (Å²) < 4.78 is 25.6. The highest BCUT2D eigenvalue weighted by Crippen LogP contribution is 2.01. The van der Waals surface area contributed by atoms with Crippen LogP contribution in [0.1, 0.15) is 0 Å². The second kappa shape index (κ2) is 2.24. The summed E-state index contributed by atoms with van der Waals surface area (Å²) in [4.78, 5) is 1.81. The molecule has 1 fully saturated rings. The van der Waals surface area contributed by atoms with Crippen LogP contribution >= 0.6 is 0 Å². The van der Waals surface area contributed by atoms with Gasteiger partial charge >= 0.3 is 0 Å². The zero-order chi connectivity index (χ0) is 6.91. The van der Waals surface area contributed by atoms with E-state index in [1.807, 2.05) is 7.05 Å². The third kappa shape index (κ3) is 1.92. The third-order valence-electron chi connectivity index (χ3n) is 1.18. The summed E-state index contributed by atoms with van der Waals surface area (Å²) in [6.07, 6.45) is 0. The molecule has 0 aromatic heterocycles. The fraction of sp³-hybridized carbons (Fsp3) is 1.00. The van der Waals surface area contributed by atoms with E-state index in [1.54, 1.807) is 4.90 Å². The smallest absolute Gasteiger partial charge is 0.269 e. The molecule has 54 valence electrons. The Bertz CT molecular complexity index is 172. The van der Waals surface area contributed by atoms with Crippen LogP contribution in [0, 0.1) is 0 Å². The number of nitrogens with zero attached hydrogens (tertiary/aromatic N) is 1. The molecule has 1 aliphatic rings. The monoisotopic (exact) mass is 151 g/mol. The van der Waals surface area contributed by atoms with Crippen molar-refractivity contribution in [1.82, 2.24) is 4.90 Å². The molecule has 1 heterocycles. The standard InChI is InChI=1S/C4H9NO3S/c1-5-2-3-9(6,7)8-4-5/h2-4H2,1H3. The van der Waals surface area contributed by atoms with E-state index in [9.17, 15) is 8.42 Å². The predicted octanol–water partition coefficient (Wildman–Crippen LogP) is -0.764. The van der Waals surface area contributed by atoms with Crippen LogP contribution in [-0.2, 0) is 14.3 Å². The van der Waals surface area contributed by atoms with E-state index in [4.69, 9.17) is 0 Å². The van der Waals surface area contributed by atoms with Gasteiger partial charge in [-0.2, -0.15) is 8.42 Å². The first-order valence-corrected chi connectivity index (χ1v) is 4.23. The molecular formula is C4H9NO3S. The number of hydrogen-bond acceptors (Lipinski definition) is 4. The summed E-state index contributed by atoms with van der Waals surface area (Å²) >= 11 is 0. The summed E-state index contributed by atoms with van der Waals surface area (Å²) in [6, 6.07) is 0. The van der Waals surface area contributed by atoms with Crippen LogP contribution in [0.25, 0.3) is 0 Å². The summed E-state index contributed by atoms with van der Waals surface area (Å²) in [5.41, 5.74) is 0. The highest BCUT2D eigenvalue weighted by Gasteiger charge is 2.18. The van der Waals surface area contributed by atoms with E-state index in [0.29, 0.717) is 6.54 Å². The van der Waals surface area contributed by atoms with Gasteiger partial charge in [-0.25, -0.2) is 0 Å². The molecule has 0 unspecified atom stereocenters. The molecule has 4 nitrogen and oxygen atoms in total. The Hall–Kier alpha value is -0.130. The van der Waals surface area contributed by atoms with Crippen molar-refractivity contribution in [1.29, 1.82) is 0 Å². The Labute approximate surface area is 54.5 Å². The Kier molecular flexibility index (Phi) is 1.74. The van der Waals surface area contributed by atoms with Crippen LogP contribution in [0.4, 0.5) is 0 Å². The fourth-order valence-electron chi connectivity index (χ4n) is 0.561. The van der Waals surface area contributed by atoms with Crippen LogP contribution in [0.2, 0.25) is 0 Å². The Morgan fingerprint density at radius 2 is 2.22 bits per heavy atom. The molecule has 0 aromatic carbocycles. The largest absolute Gasteiger partial charge is 0.282 e. The van der Waals surface area contributed by atoms with Gasteiger partial charge in [0.1, 0.15) is 6.73 Å². The number of hydrogen-bond donors (Lipinski definition) is 0. The van der Waals surface area contributed by atoms with E-state index in [-0.39, 0.29) is 12.5 Å². The molecule has 0 saturated carbocycles. The van der Waals surface area contributed by atoms with Crippen LogP contribution in [0.5, 0.6) is 0 Å². The quantitative estimate of drug-likeness (QED) is 0.427. The Balaban J connectivity index is 2.55. The lowest BCUT2D eigenvalue weighted by atomic mass is 10.7. The van der Waals surface area contributed by atoms with Crippen LogP contribution in [-0.4, -0.2) is 39.4 Å². The minimum atomic E-state index is -3.16. The first kappa shape index (κ1) is 6.98. The van der Waals surface area contributed by atoms with Crippen molar-refractivity contribution in [2.45, 2.75) is 0 Å². The molecule has 1 saturated heterocycles. The van der Waals surface area contributed by atoms with E-state index in [0.717, 1.165) is 0 Å². The summed E-state index contributed by atoms with van der Waals surface area (Å²) in [6.45, 7) is 0.769.